The van der Waals surface area contributed by atoms with Crippen molar-refractivity contribution in [3.63, 3.8) is 0 Å². The van der Waals surface area contributed by atoms with Gasteiger partial charge in [0.25, 0.3) is 0 Å². The third-order valence-electron chi connectivity index (χ3n) is 1.54. The standard InChI is InChI=1S/C10H19NO3/c1-3-4-5-13-6-7-14-10(12)8-9(2)11/h11H,3-8H2,1-2H3. The predicted octanol–water partition coefficient (Wildman–Crippen LogP) is 1.78. The molecule has 0 aliphatic carbocycles. The van der Waals surface area contributed by atoms with Crippen molar-refractivity contribution < 1.29 is 14.3 Å². The van der Waals surface area contributed by atoms with E-state index in [-0.39, 0.29) is 19.0 Å². The lowest BCUT2D eigenvalue weighted by Gasteiger charge is -2.04. The van der Waals surface area contributed by atoms with Gasteiger partial charge in [-0.05, 0) is 13.3 Å². The Balaban J connectivity index is 3.19. The third-order valence-corrected chi connectivity index (χ3v) is 1.54. The van der Waals surface area contributed by atoms with E-state index in [4.69, 9.17) is 14.9 Å². The van der Waals surface area contributed by atoms with Crippen LogP contribution in [0.4, 0.5) is 0 Å². The molecule has 0 aliphatic heterocycles. The van der Waals surface area contributed by atoms with Gasteiger partial charge >= 0.3 is 5.97 Å². The summed E-state index contributed by atoms with van der Waals surface area (Å²) in [5, 5.41) is 7.06. The Morgan fingerprint density at radius 2 is 2.00 bits per heavy atom. The summed E-state index contributed by atoms with van der Waals surface area (Å²) in [6, 6.07) is 0. The first-order valence-electron chi connectivity index (χ1n) is 4.94. The van der Waals surface area contributed by atoms with Crippen LogP contribution in [0.25, 0.3) is 0 Å². The molecular formula is C10H19NO3. The van der Waals surface area contributed by atoms with E-state index < -0.39 is 0 Å². The van der Waals surface area contributed by atoms with Crippen LogP contribution in [-0.4, -0.2) is 31.5 Å². The predicted molar refractivity (Wildman–Crippen MR) is 54.7 cm³/mol. The molecule has 0 aromatic carbocycles. The lowest BCUT2D eigenvalue weighted by atomic mass is 10.3. The van der Waals surface area contributed by atoms with E-state index in [9.17, 15) is 4.79 Å². The maximum atomic E-state index is 10.9. The number of nitrogens with one attached hydrogen (secondary N) is 1. The molecule has 14 heavy (non-hydrogen) atoms. The van der Waals surface area contributed by atoms with Gasteiger partial charge in [0.2, 0.25) is 0 Å². The highest BCUT2D eigenvalue weighted by atomic mass is 16.6. The van der Waals surface area contributed by atoms with Crippen LogP contribution in [-0.2, 0) is 14.3 Å². The molecule has 1 N–H and O–H groups in total. The van der Waals surface area contributed by atoms with E-state index in [1.54, 1.807) is 6.92 Å². The smallest absolute Gasteiger partial charge is 0.311 e. The summed E-state index contributed by atoms with van der Waals surface area (Å²) in [5.41, 5.74) is 0.321. The Kier molecular flexibility index (Phi) is 8.13. The highest BCUT2D eigenvalue weighted by Gasteiger charge is 2.02. The average molecular weight is 201 g/mol. The van der Waals surface area contributed by atoms with Gasteiger partial charge in [0, 0.05) is 12.3 Å². The largest absolute Gasteiger partial charge is 0.463 e. The highest BCUT2D eigenvalue weighted by molar-refractivity contribution is 5.95. The van der Waals surface area contributed by atoms with Crippen molar-refractivity contribution in [2.75, 3.05) is 19.8 Å². The number of rotatable bonds is 8. The molecule has 0 aliphatic rings. The molecular weight excluding hydrogens is 182 g/mol. The second-order valence-corrected chi connectivity index (χ2v) is 3.14. The second-order valence-electron chi connectivity index (χ2n) is 3.14. The van der Waals surface area contributed by atoms with Gasteiger partial charge < -0.3 is 14.9 Å². The molecule has 0 unspecified atom stereocenters. The van der Waals surface area contributed by atoms with Crippen molar-refractivity contribution in [1.82, 2.24) is 0 Å². The molecule has 82 valence electrons. The number of carbonyl (C=O) groups excluding carboxylic acids is 1. The van der Waals surface area contributed by atoms with E-state index in [0.717, 1.165) is 19.4 Å². The van der Waals surface area contributed by atoms with E-state index >= 15 is 0 Å². The quantitative estimate of drug-likeness (QED) is 0.370. The lowest BCUT2D eigenvalue weighted by molar-refractivity contribution is -0.143. The van der Waals surface area contributed by atoms with Gasteiger partial charge in [-0.1, -0.05) is 13.3 Å². The van der Waals surface area contributed by atoms with E-state index in [1.807, 2.05) is 0 Å². The molecule has 0 saturated heterocycles. The van der Waals surface area contributed by atoms with Gasteiger partial charge in [0.05, 0.1) is 13.0 Å². The van der Waals surface area contributed by atoms with Crippen LogP contribution in [0.5, 0.6) is 0 Å². The summed E-state index contributed by atoms with van der Waals surface area (Å²) >= 11 is 0. The van der Waals surface area contributed by atoms with Crippen LogP contribution < -0.4 is 0 Å². The number of esters is 1. The Bertz CT molecular complexity index is 180. The number of carbonyl (C=O) groups is 1. The van der Waals surface area contributed by atoms with Crippen molar-refractivity contribution in [3.05, 3.63) is 0 Å². The van der Waals surface area contributed by atoms with Gasteiger partial charge in [-0.15, -0.1) is 0 Å². The van der Waals surface area contributed by atoms with Crippen molar-refractivity contribution >= 4 is 11.7 Å². The third kappa shape index (κ3) is 9.19. The zero-order valence-electron chi connectivity index (χ0n) is 8.97. The maximum Gasteiger partial charge on any atom is 0.311 e. The zero-order valence-corrected chi connectivity index (χ0v) is 8.97. The van der Waals surface area contributed by atoms with Gasteiger partial charge in [-0.3, -0.25) is 4.79 Å². The first kappa shape index (κ1) is 13.1. The Hall–Kier alpha value is -0.900. The Morgan fingerprint density at radius 1 is 1.29 bits per heavy atom. The molecule has 0 heterocycles. The molecule has 0 atom stereocenters. The first-order valence-corrected chi connectivity index (χ1v) is 4.94. The van der Waals surface area contributed by atoms with Crippen molar-refractivity contribution in [2.45, 2.75) is 33.1 Å². The van der Waals surface area contributed by atoms with Gasteiger partial charge in [0.15, 0.2) is 0 Å². The molecule has 0 aromatic rings. The second kappa shape index (κ2) is 8.69. The first-order chi connectivity index (χ1) is 6.66. The number of hydrogen-bond acceptors (Lipinski definition) is 4. The van der Waals surface area contributed by atoms with Crippen molar-refractivity contribution in [3.8, 4) is 0 Å². The monoisotopic (exact) mass is 201 g/mol. The van der Waals surface area contributed by atoms with E-state index in [1.165, 1.54) is 0 Å². The molecule has 0 amide bonds. The summed E-state index contributed by atoms with van der Waals surface area (Å²) in [4.78, 5) is 10.9. The molecule has 0 saturated carbocycles. The van der Waals surface area contributed by atoms with Crippen LogP contribution in [0.15, 0.2) is 0 Å². The van der Waals surface area contributed by atoms with Gasteiger partial charge in [-0.25, -0.2) is 0 Å². The molecule has 0 rings (SSSR count). The summed E-state index contributed by atoms with van der Waals surface area (Å²) in [6.45, 7) is 5.13. The zero-order chi connectivity index (χ0) is 10.8. The summed E-state index contributed by atoms with van der Waals surface area (Å²) in [5.74, 6) is -0.350. The van der Waals surface area contributed by atoms with Crippen LogP contribution in [0.2, 0.25) is 0 Å². The minimum absolute atomic E-state index is 0.0783. The normalized spacial score (nSPS) is 9.86. The van der Waals surface area contributed by atoms with Crippen LogP contribution in [0, 0.1) is 5.41 Å². The maximum absolute atomic E-state index is 10.9. The Morgan fingerprint density at radius 3 is 2.57 bits per heavy atom. The molecule has 0 fully saturated rings. The SMILES string of the molecule is CCCCOCCOC(=O)CC(C)=N. The van der Waals surface area contributed by atoms with Gasteiger partial charge in [-0.2, -0.15) is 0 Å². The molecule has 0 bridgehead atoms. The number of unbranched alkanes of at least 4 members (excludes halogenated alkanes) is 1. The van der Waals surface area contributed by atoms with Crippen molar-refractivity contribution in [1.29, 1.82) is 5.41 Å². The minimum atomic E-state index is -0.350. The van der Waals surface area contributed by atoms with E-state index in [0.29, 0.717) is 12.3 Å². The lowest BCUT2D eigenvalue weighted by Crippen LogP contribution is -2.13. The topological polar surface area (TPSA) is 59.4 Å². The summed E-state index contributed by atoms with van der Waals surface area (Å²) < 4.78 is 10.0. The van der Waals surface area contributed by atoms with Crippen LogP contribution >= 0.6 is 0 Å². The molecule has 4 heteroatoms. The molecule has 0 spiro atoms. The van der Waals surface area contributed by atoms with Crippen LogP contribution in [0.3, 0.4) is 0 Å². The fourth-order valence-corrected chi connectivity index (χ4v) is 0.830. The summed E-state index contributed by atoms with van der Waals surface area (Å²) in [6.07, 6.45) is 2.22. The summed E-state index contributed by atoms with van der Waals surface area (Å²) in [7, 11) is 0. The fraction of sp³-hybridized carbons (Fsp3) is 0.800. The fourth-order valence-electron chi connectivity index (χ4n) is 0.830. The Labute approximate surface area is 85.1 Å². The van der Waals surface area contributed by atoms with Gasteiger partial charge in [0.1, 0.15) is 6.61 Å². The number of hydrogen-bond donors (Lipinski definition) is 1. The number of ether oxygens (including phenoxy) is 2. The average Bonchev–Trinajstić information content (AvgIpc) is 2.10. The molecule has 0 aromatic heterocycles. The van der Waals surface area contributed by atoms with E-state index in [2.05, 4.69) is 6.92 Å². The van der Waals surface area contributed by atoms with Crippen molar-refractivity contribution in [2.24, 2.45) is 0 Å². The highest BCUT2D eigenvalue weighted by Crippen LogP contribution is 1.90. The minimum Gasteiger partial charge on any atom is -0.463 e. The molecule has 4 nitrogen and oxygen atoms in total. The molecule has 0 radical (unpaired) electrons. The van der Waals surface area contributed by atoms with Crippen LogP contribution in [0.1, 0.15) is 33.1 Å².